The Labute approximate surface area is 161 Å². The smallest absolute Gasteiger partial charge is 0.328 e. The molecule has 1 aliphatic rings. The summed E-state index contributed by atoms with van der Waals surface area (Å²) in [6.45, 7) is 0.559. The molecule has 1 unspecified atom stereocenters. The van der Waals surface area contributed by atoms with Crippen LogP contribution >= 0.6 is 11.3 Å². The number of rotatable bonds is 3. The van der Waals surface area contributed by atoms with E-state index < -0.39 is 6.04 Å². The van der Waals surface area contributed by atoms with Gasteiger partial charge in [-0.2, -0.15) is 0 Å². The van der Waals surface area contributed by atoms with Crippen LogP contribution in [0.25, 0.3) is 21.5 Å². The van der Waals surface area contributed by atoms with Crippen LogP contribution in [0.5, 0.6) is 0 Å². The van der Waals surface area contributed by atoms with Crippen LogP contribution in [0.1, 0.15) is 29.6 Å². The number of carbonyl (C=O) groups excluding carboxylic acids is 2. The minimum Gasteiger partial charge on any atom is -0.467 e. The third kappa shape index (κ3) is 3.32. The van der Waals surface area contributed by atoms with Crippen LogP contribution in [-0.2, 0) is 9.53 Å². The molecule has 0 radical (unpaired) electrons. The van der Waals surface area contributed by atoms with E-state index in [0.29, 0.717) is 18.5 Å². The second kappa shape index (κ2) is 7.48. The third-order valence-electron chi connectivity index (χ3n) is 4.96. The number of ether oxygens (including phenoxy) is 1. The van der Waals surface area contributed by atoms with Crippen molar-refractivity contribution in [2.75, 3.05) is 13.7 Å². The maximum Gasteiger partial charge on any atom is 0.328 e. The highest BCUT2D eigenvalue weighted by Crippen LogP contribution is 2.30. The largest absolute Gasteiger partial charge is 0.467 e. The van der Waals surface area contributed by atoms with Crippen LogP contribution in [0, 0.1) is 0 Å². The number of thiophene rings is 1. The molecule has 1 saturated heterocycles. The van der Waals surface area contributed by atoms with E-state index in [2.05, 4.69) is 0 Å². The lowest BCUT2D eigenvalue weighted by Crippen LogP contribution is -2.48. The molecular formula is C21H20N2O3S. The van der Waals surface area contributed by atoms with Gasteiger partial charge in [-0.05, 0) is 42.8 Å². The maximum atomic E-state index is 13.5. The minimum atomic E-state index is -0.520. The van der Waals surface area contributed by atoms with Gasteiger partial charge in [-0.1, -0.05) is 24.3 Å². The molecule has 0 spiro atoms. The number of fused-ring (bicyclic) bond motifs is 1. The predicted molar refractivity (Wildman–Crippen MR) is 106 cm³/mol. The number of amides is 1. The van der Waals surface area contributed by atoms with Crippen molar-refractivity contribution in [1.82, 2.24) is 9.88 Å². The molecule has 5 nitrogen and oxygen atoms in total. The standard InChI is InChI=1S/C21H20N2O3S/c1-26-21(25)18-9-4-5-11-23(18)20(24)15-13-17(19-10-6-12-27-19)22-16-8-3-2-7-14(15)16/h2-3,6-8,10,12-13,18H,4-5,9,11H2,1H3. The molecular weight excluding hydrogens is 360 g/mol. The van der Waals surface area contributed by atoms with Gasteiger partial charge in [-0.15, -0.1) is 11.3 Å². The van der Waals surface area contributed by atoms with Crippen molar-refractivity contribution in [2.45, 2.75) is 25.3 Å². The van der Waals surface area contributed by atoms with Crippen molar-refractivity contribution < 1.29 is 14.3 Å². The normalized spacial score (nSPS) is 17.1. The molecule has 1 aromatic carbocycles. The number of aromatic nitrogens is 1. The quantitative estimate of drug-likeness (QED) is 0.641. The Morgan fingerprint density at radius 2 is 2.04 bits per heavy atom. The zero-order valence-corrected chi connectivity index (χ0v) is 15.9. The zero-order chi connectivity index (χ0) is 18.8. The number of pyridine rings is 1. The summed E-state index contributed by atoms with van der Waals surface area (Å²) in [6, 6.07) is 12.9. The fourth-order valence-corrected chi connectivity index (χ4v) is 4.30. The number of piperidine rings is 1. The minimum absolute atomic E-state index is 0.137. The van der Waals surface area contributed by atoms with Crippen molar-refractivity contribution in [1.29, 1.82) is 0 Å². The van der Waals surface area contributed by atoms with Crippen LogP contribution in [0.2, 0.25) is 0 Å². The number of hydrogen-bond donors (Lipinski definition) is 0. The van der Waals surface area contributed by atoms with Gasteiger partial charge in [0.25, 0.3) is 5.91 Å². The molecule has 1 atom stereocenters. The van der Waals surface area contributed by atoms with E-state index in [4.69, 9.17) is 9.72 Å². The van der Waals surface area contributed by atoms with Crippen molar-refractivity contribution in [3.8, 4) is 10.6 Å². The topological polar surface area (TPSA) is 59.5 Å². The molecule has 0 bridgehead atoms. The molecule has 27 heavy (non-hydrogen) atoms. The highest BCUT2D eigenvalue weighted by molar-refractivity contribution is 7.13. The van der Waals surface area contributed by atoms with Gasteiger partial charge in [0.05, 0.1) is 28.8 Å². The molecule has 0 saturated carbocycles. The molecule has 1 amide bonds. The fraction of sp³-hybridized carbons (Fsp3) is 0.286. The molecule has 138 valence electrons. The van der Waals surface area contributed by atoms with Gasteiger partial charge < -0.3 is 9.64 Å². The number of nitrogens with zero attached hydrogens (tertiary/aromatic N) is 2. The summed E-state index contributed by atoms with van der Waals surface area (Å²) in [5.74, 6) is -0.485. The zero-order valence-electron chi connectivity index (χ0n) is 15.1. The number of para-hydroxylation sites is 1. The Hall–Kier alpha value is -2.73. The van der Waals surface area contributed by atoms with Crippen molar-refractivity contribution in [3.05, 3.63) is 53.4 Å². The number of benzene rings is 1. The van der Waals surface area contributed by atoms with Gasteiger partial charge >= 0.3 is 5.97 Å². The summed E-state index contributed by atoms with van der Waals surface area (Å²) in [4.78, 5) is 33.1. The second-order valence-corrected chi connectivity index (χ2v) is 7.53. The van der Waals surface area contributed by atoms with E-state index in [1.54, 1.807) is 16.2 Å². The first-order chi connectivity index (χ1) is 13.2. The van der Waals surface area contributed by atoms with E-state index >= 15 is 0 Å². The van der Waals surface area contributed by atoms with Gasteiger partial charge in [0, 0.05) is 11.9 Å². The Kier molecular flexibility index (Phi) is 4.90. The number of hydrogen-bond acceptors (Lipinski definition) is 5. The predicted octanol–water partition coefficient (Wildman–Crippen LogP) is 4.13. The molecule has 1 fully saturated rings. The monoisotopic (exact) mass is 380 g/mol. The van der Waals surface area contributed by atoms with Crippen LogP contribution in [0.3, 0.4) is 0 Å². The molecule has 0 aliphatic carbocycles. The Bertz CT molecular complexity index is 984. The summed E-state index contributed by atoms with van der Waals surface area (Å²) in [5.41, 5.74) is 2.14. The van der Waals surface area contributed by atoms with E-state index in [1.165, 1.54) is 7.11 Å². The Morgan fingerprint density at radius 3 is 2.81 bits per heavy atom. The van der Waals surface area contributed by atoms with E-state index in [0.717, 1.165) is 34.3 Å². The van der Waals surface area contributed by atoms with E-state index in [9.17, 15) is 9.59 Å². The number of methoxy groups -OCH3 is 1. The fourth-order valence-electron chi connectivity index (χ4n) is 3.61. The van der Waals surface area contributed by atoms with Gasteiger partial charge in [-0.3, -0.25) is 4.79 Å². The lowest BCUT2D eigenvalue weighted by molar-refractivity contribution is -0.147. The molecule has 4 rings (SSSR count). The van der Waals surface area contributed by atoms with Crippen molar-refractivity contribution in [3.63, 3.8) is 0 Å². The third-order valence-corrected chi connectivity index (χ3v) is 5.85. The molecule has 3 heterocycles. The highest BCUT2D eigenvalue weighted by atomic mass is 32.1. The van der Waals surface area contributed by atoms with Crippen LogP contribution in [-0.4, -0.2) is 41.5 Å². The van der Waals surface area contributed by atoms with Crippen LogP contribution in [0.4, 0.5) is 0 Å². The first-order valence-corrected chi connectivity index (χ1v) is 9.89. The Balaban J connectivity index is 1.82. The Morgan fingerprint density at radius 1 is 1.19 bits per heavy atom. The number of carbonyl (C=O) groups is 2. The van der Waals surface area contributed by atoms with Gasteiger partial charge in [0.1, 0.15) is 6.04 Å². The van der Waals surface area contributed by atoms with Gasteiger partial charge in [0.2, 0.25) is 0 Å². The lowest BCUT2D eigenvalue weighted by atomic mass is 9.99. The average molecular weight is 380 g/mol. The highest BCUT2D eigenvalue weighted by Gasteiger charge is 2.34. The van der Waals surface area contributed by atoms with Crippen molar-refractivity contribution in [2.24, 2.45) is 0 Å². The molecule has 1 aliphatic heterocycles. The lowest BCUT2D eigenvalue weighted by Gasteiger charge is -2.34. The summed E-state index contributed by atoms with van der Waals surface area (Å²) >= 11 is 1.59. The van der Waals surface area contributed by atoms with Crippen molar-refractivity contribution >= 4 is 34.1 Å². The summed E-state index contributed by atoms with van der Waals surface area (Å²) in [6.07, 6.45) is 2.44. The first-order valence-electron chi connectivity index (χ1n) is 9.01. The second-order valence-electron chi connectivity index (χ2n) is 6.58. The molecule has 6 heteroatoms. The summed E-state index contributed by atoms with van der Waals surface area (Å²) in [7, 11) is 1.37. The number of esters is 1. The van der Waals surface area contributed by atoms with Gasteiger partial charge in [-0.25, -0.2) is 9.78 Å². The average Bonchev–Trinajstić information content (AvgIpc) is 3.27. The molecule has 0 N–H and O–H groups in total. The molecule has 2 aromatic heterocycles. The maximum absolute atomic E-state index is 13.5. The summed E-state index contributed by atoms with van der Waals surface area (Å²) in [5, 5.41) is 2.79. The van der Waals surface area contributed by atoms with E-state index in [-0.39, 0.29) is 11.9 Å². The van der Waals surface area contributed by atoms with Crippen LogP contribution < -0.4 is 0 Å². The first kappa shape index (κ1) is 17.7. The van der Waals surface area contributed by atoms with E-state index in [1.807, 2.05) is 47.8 Å². The summed E-state index contributed by atoms with van der Waals surface area (Å²) < 4.78 is 4.93. The van der Waals surface area contributed by atoms with Crippen LogP contribution in [0.15, 0.2) is 47.8 Å². The number of likely N-dealkylation sites (tertiary alicyclic amines) is 1. The van der Waals surface area contributed by atoms with Gasteiger partial charge in [0.15, 0.2) is 0 Å². The SMILES string of the molecule is COC(=O)C1CCCCN1C(=O)c1cc(-c2cccs2)nc2ccccc12. The molecule has 3 aromatic rings.